The minimum atomic E-state index is -0.133. The van der Waals surface area contributed by atoms with E-state index in [9.17, 15) is 4.79 Å². The first-order valence-corrected chi connectivity index (χ1v) is 4.76. The molecule has 0 unspecified atom stereocenters. The van der Waals surface area contributed by atoms with Gasteiger partial charge in [0.15, 0.2) is 0 Å². The van der Waals surface area contributed by atoms with E-state index in [1.807, 2.05) is 43.3 Å². The number of ether oxygens (including phenoxy) is 1. The summed E-state index contributed by atoms with van der Waals surface area (Å²) in [7, 11) is 0. The standard InChI is InChI=1S/C12H12O2/c1-2-14-12(13)11-8-10(11)9-6-4-3-5-7-9/h3-8,11H,2H2,1H3/t11-/m0/s1. The highest BCUT2D eigenvalue weighted by atomic mass is 16.5. The maximum atomic E-state index is 11.3. The summed E-state index contributed by atoms with van der Waals surface area (Å²) in [5.41, 5.74) is 2.20. The predicted octanol–water partition coefficient (Wildman–Crippen LogP) is 2.26. The van der Waals surface area contributed by atoms with Crippen molar-refractivity contribution in [3.8, 4) is 0 Å². The summed E-state index contributed by atoms with van der Waals surface area (Å²) in [4.78, 5) is 11.3. The average molecular weight is 188 g/mol. The van der Waals surface area contributed by atoms with Crippen LogP contribution in [-0.2, 0) is 9.53 Å². The monoisotopic (exact) mass is 188 g/mol. The molecular weight excluding hydrogens is 176 g/mol. The first-order chi connectivity index (χ1) is 6.83. The Hall–Kier alpha value is -1.57. The second-order valence-electron chi connectivity index (χ2n) is 3.22. The molecule has 0 aliphatic heterocycles. The van der Waals surface area contributed by atoms with Crippen molar-refractivity contribution in [3.05, 3.63) is 42.0 Å². The lowest BCUT2D eigenvalue weighted by atomic mass is 10.1. The van der Waals surface area contributed by atoms with E-state index in [1.54, 1.807) is 0 Å². The summed E-state index contributed by atoms with van der Waals surface area (Å²) in [6, 6.07) is 9.91. The highest BCUT2D eigenvalue weighted by molar-refractivity contribution is 6.00. The number of hydrogen-bond donors (Lipinski definition) is 0. The van der Waals surface area contributed by atoms with Crippen molar-refractivity contribution in [1.29, 1.82) is 0 Å². The van der Waals surface area contributed by atoms with Crippen molar-refractivity contribution < 1.29 is 9.53 Å². The van der Waals surface area contributed by atoms with Gasteiger partial charge >= 0.3 is 5.97 Å². The van der Waals surface area contributed by atoms with Crippen LogP contribution in [0.1, 0.15) is 12.5 Å². The first kappa shape index (κ1) is 9.00. The Morgan fingerprint density at radius 2 is 2.07 bits per heavy atom. The molecule has 1 aromatic carbocycles. The van der Waals surface area contributed by atoms with E-state index >= 15 is 0 Å². The molecule has 2 rings (SSSR count). The SMILES string of the molecule is CCOC(=O)[C@H]1C=C1c1ccccc1. The highest BCUT2D eigenvalue weighted by Gasteiger charge is 2.33. The van der Waals surface area contributed by atoms with Crippen molar-refractivity contribution in [3.63, 3.8) is 0 Å². The minimum absolute atomic E-state index is 0.0997. The van der Waals surface area contributed by atoms with E-state index in [-0.39, 0.29) is 11.9 Å². The van der Waals surface area contributed by atoms with Gasteiger partial charge in [-0.15, -0.1) is 0 Å². The molecule has 1 aliphatic rings. The van der Waals surface area contributed by atoms with Gasteiger partial charge in [0.25, 0.3) is 0 Å². The predicted molar refractivity (Wildman–Crippen MR) is 54.5 cm³/mol. The van der Waals surface area contributed by atoms with Gasteiger partial charge < -0.3 is 4.74 Å². The summed E-state index contributed by atoms with van der Waals surface area (Å²) in [5.74, 6) is -0.233. The molecule has 2 nitrogen and oxygen atoms in total. The quantitative estimate of drug-likeness (QED) is 0.680. The Labute approximate surface area is 83.2 Å². The first-order valence-electron chi connectivity index (χ1n) is 4.76. The van der Waals surface area contributed by atoms with Crippen LogP contribution in [0.2, 0.25) is 0 Å². The van der Waals surface area contributed by atoms with Crippen LogP contribution in [-0.4, -0.2) is 12.6 Å². The maximum Gasteiger partial charge on any atom is 0.317 e. The zero-order chi connectivity index (χ0) is 9.97. The molecule has 0 saturated heterocycles. The van der Waals surface area contributed by atoms with E-state index < -0.39 is 0 Å². The van der Waals surface area contributed by atoms with Crippen molar-refractivity contribution in [2.24, 2.45) is 5.92 Å². The second kappa shape index (κ2) is 3.66. The van der Waals surface area contributed by atoms with Crippen LogP contribution < -0.4 is 0 Å². The van der Waals surface area contributed by atoms with Crippen LogP contribution in [0.25, 0.3) is 5.57 Å². The number of rotatable bonds is 3. The third kappa shape index (κ3) is 1.69. The number of carbonyl (C=O) groups is 1. The number of carbonyl (C=O) groups excluding carboxylic acids is 1. The molecule has 1 aliphatic carbocycles. The van der Waals surface area contributed by atoms with Crippen LogP contribution in [0.4, 0.5) is 0 Å². The van der Waals surface area contributed by atoms with Crippen LogP contribution in [0.15, 0.2) is 36.4 Å². The number of benzene rings is 1. The smallest absolute Gasteiger partial charge is 0.317 e. The molecule has 0 amide bonds. The Morgan fingerprint density at radius 1 is 1.36 bits per heavy atom. The molecule has 1 aromatic rings. The van der Waals surface area contributed by atoms with Crippen molar-refractivity contribution >= 4 is 11.5 Å². The second-order valence-corrected chi connectivity index (χ2v) is 3.22. The zero-order valence-electron chi connectivity index (χ0n) is 8.07. The molecule has 0 saturated carbocycles. The fourth-order valence-corrected chi connectivity index (χ4v) is 1.46. The molecule has 14 heavy (non-hydrogen) atoms. The summed E-state index contributed by atoms with van der Waals surface area (Å²) in [6.45, 7) is 2.27. The van der Waals surface area contributed by atoms with Crippen LogP contribution >= 0.6 is 0 Å². The Morgan fingerprint density at radius 3 is 2.71 bits per heavy atom. The van der Waals surface area contributed by atoms with Crippen LogP contribution in [0.3, 0.4) is 0 Å². The fourth-order valence-electron chi connectivity index (χ4n) is 1.46. The number of hydrogen-bond acceptors (Lipinski definition) is 2. The largest absolute Gasteiger partial charge is 0.465 e. The van der Waals surface area contributed by atoms with E-state index in [2.05, 4.69) is 0 Å². The molecular formula is C12H12O2. The van der Waals surface area contributed by atoms with Gasteiger partial charge in [0.2, 0.25) is 0 Å². The third-order valence-corrected chi connectivity index (χ3v) is 2.22. The molecule has 0 aromatic heterocycles. The summed E-state index contributed by atoms with van der Waals surface area (Å²) < 4.78 is 4.93. The lowest BCUT2D eigenvalue weighted by Gasteiger charge is -2.00. The molecule has 0 radical (unpaired) electrons. The van der Waals surface area contributed by atoms with E-state index in [4.69, 9.17) is 4.74 Å². The third-order valence-electron chi connectivity index (χ3n) is 2.22. The summed E-state index contributed by atoms with van der Waals surface area (Å²) >= 11 is 0. The van der Waals surface area contributed by atoms with Gasteiger partial charge in [-0.3, -0.25) is 4.79 Å². The van der Waals surface area contributed by atoms with Crippen LogP contribution in [0, 0.1) is 5.92 Å². The Kier molecular flexibility index (Phi) is 2.35. The molecule has 0 fully saturated rings. The fraction of sp³-hybridized carbons (Fsp3) is 0.250. The van der Waals surface area contributed by atoms with Gasteiger partial charge in [-0.2, -0.15) is 0 Å². The van der Waals surface area contributed by atoms with Gasteiger partial charge in [0, 0.05) is 0 Å². The number of esters is 1. The van der Waals surface area contributed by atoms with Gasteiger partial charge in [0.1, 0.15) is 5.92 Å². The van der Waals surface area contributed by atoms with Crippen molar-refractivity contribution in [1.82, 2.24) is 0 Å². The molecule has 0 N–H and O–H groups in total. The molecule has 72 valence electrons. The van der Waals surface area contributed by atoms with Crippen molar-refractivity contribution in [2.75, 3.05) is 6.61 Å². The lowest BCUT2D eigenvalue weighted by molar-refractivity contribution is -0.143. The maximum absolute atomic E-state index is 11.3. The van der Waals surface area contributed by atoms with Gasteiger partial charge in [-0.05, 0) is 18.1 Å². The van der Waals surface area contributed by atoms with E-state index in [0.29, 0.717) is 6.61 Å². The van der Waals surface area contributed by atoms with Crippen molar-refractivity contribution in [2.45, 2.75) is 6.92 Å². The Balaban J connectivity index is 1.99. The Bertz CT molecular complexity index is 365. The molecule has 0 bridgehead atoms. The molecule has 2 heteroatoms. The molecule has 1 atom stereocenters. The van der Waals surface area contributed by atoms with E-state index in [1.165, 1.54) is 0 Å². The van der Waals surface area contributed by atoms with Gasteiger partial charge in [0.05, 0.1) is 6.61 Å². The molecule has 0 spiro atoms. The zero-order valence-corrected chi connectivity index (χ0v) is 8.07. The highest BCUT2D eigenvalue weighted by Crippen LogP contribution is 2.38. The summed E-state index contributed by atoms with van der Waals surface area (Å²) in [5, 5.41) is 0. The van der Waals surface area contributed by atoms with Gasteiger partial charge in [-0.25, -0.2) is 0 Å². The normalized spacial score (nSPS) is 18.6. The molecule has 0 heterocycles. The summed E-state index contributed by atoms with van der Waals surface area (Å²) in [6.07, 6.45) is 1.94. The lowest BCUT2D eigenvalue weighted by Crippen LogP contribution is -2.07. The topological polar surface area (TPSA) is 26.3 Å². The van der Waals surface area contributed by atoms with Gasteiger partial charge in [-0.1, -0.05) is 36.4 Å². The van der Waals surface area contributed by atoms with Crippen LogP contribution in [0.5, 0.6) is 0 Å². The van der Waals surface area contributed by atoms with E-state index in [0.717, 1.165) is 11.1 Å². The average Bonchev–Trinajstić information content (AvgIpc) is 2.99. The minimum Gasteiger partial charge on any atom is -0.465 e.